The molecule has 0 aromatic heterocycles. The summed E-state index contributed by atoms with van der Waals surface area (Å²) >= 11 is 1.38. The molecule has 6 heteroatoms. The van der Waals surface area contributed by atoms with Crippen molar-refractivity contribution in [3.8, 4) is 11.5 Å². The van der Waals surface area contributed by atoms with Gasteiger partial charge in [0.25, 0.3) is 0 Å². The molecule has 3 rings (SSSR count). The topological polar surface area (TPSA) is 47.6 Å². The van der Waals surface area contributed by atoms with Gasteiger partial charge in [0.2, 0.25) is 5.91 Å². The maximum absolute atomic E-state index is 12.9. The number of halogens is 1. The van der Waals surface area contributed by atoms with Crippen LogP contribution >= 0.6 is 11.8 Å². The second-order valence-electron chi connectivity index (χ2n) is 5.67. The first-order valence-electron chi connectivity index (χ1n) is 8.23. The van der Waals surface area contributed by atoms with E-state index in [1.807, 2.05) is 25.1 Å². The van der Waals surface area contributed by atoms with Crippen LogP contribution in [0.5, 0.6) is 11.5 Å². The van der Waals surface area contributed by atoms with Gasteiger partial charge in [0.05, 0.1) is 11.8 Å². The summed E-state index contributed by atoms with van der Waals surface area (Å²) in [6.45, 7) is 3.11. The number of hydrogen-bond acceptors (Lipinski definition) is 4. The summed E-state index contributed by atoms with van der Waals surface area (Å²) in [7, 11) is 0. The van der Waals surface area contributed by atoms with Crippen molar-refractivity contribution < 1.29 is 18.7 Å². The Labute approximate surface area is 150 Å². The molecule has 1 N–H and O–H groups in total. The summed E-state index contributed by atoms with van der Waals surface area (Å²) in [5.41, 5.74) is 0.992. The highest BCUT2D eigenvalue weighted by Crippen LogP contribution is 2.33. The molecule has 0 aliphatic carbocycles. The van der Waals surface area contributed by atoms with Gasteiger partial charge in [-0.25, -0.2) is 4.39 Å². The quantitative estimate of drug-likeness (QED) is 0.792. The normalized spacial score (nSPS) is 14.0. The molecular weight excluding hydrogens is 341 g/mol. The molecule has 0 saturated heterocycles. The van der Waals surface area contributed by atoms with Gasteiger partial charge in [-0.1, -0.05) is 13.0 Å². The number of benzene rings is 2. The van der Waals surface area contributed by atoms with Crippen molar-refractivity contribution in [1.82, 2.24) is 5.32 Å². The summed E-state index contributed by atoms with van der Waals surface area (Å²) < 4.78 is 24.0. The van der Waals surface area contributed by atoms with Crippen LogP contribution < -0.4 is 14.8 Å². The average Bonchev–Trinajstić information content (AvgIpc) is 2.65. The van der Waals surface area contributed by atoms with E-state index in [0.717, 1.165) is 28.4 Å². The van der Waals surface area contributed by atoms with Gasteiger partial charge in [0, 0.05) is 4.90 Å². The molecule has 1 unspecified atom stereocenters. The first kappa shape index (κ1) is 17.6. The van der Waals surface area contributed by atoms with Crippen LogP contribution in [-0.2, 0) is 4.79 Å². The van der Waals surface area contributed by atoms with Crippen LogP contribution in [0.2, 0.25) is 0 Å². The molecule has 1 aliphatic heterocycles. The van der Waals surface area contributed by atoms with Gasteiger partial charge in [-0.05, 0) is 48.4 Å². The van der Waals surface area contributed by atoms with E-state index in [1.54, 1.807) is 12.1 Å². The molecule has 0 bridgehead atoms. The van der Waals surface area contributed by atoms with Crippen LogP contribution in [0.4, 0.5) is 4.39 Å². The number of amides is 1. The molecular formula is C19H20FNO3S. The van der Waals surface area contributed by atoms with Crippen molar-refractivity contribution in [3.05, 3.63) is 53.8 Å². The molecule has 0 spiro atoms. The van der Waals surface area contributed by atoms with Gasteiger partial charge in [-0.3, -0.25) is 4.79 Å². The first-order valence-corrected chi connectivity index (χ1v) is 9.21. The van der Waals surface area contributed by atoms with E-state index in [9.17, 15) is 9.18 Å². The standard InChI is InChI=1S/C19H20FNO3S/c1-2-16(13-3-8-17-18(11-13)24-10-9-23-17)21-19(22)12-25-15-6-4-14(20)5-7-15/h3-8,11,16H,2,9-10,12H2,1H3,(H,21,22). The Morgan fingerprint density at radius 3 is 2.60 bits per heavy atom. The Balaban J connectivity index is 1.59. The van der Waals surface area contributed by atoms with Gasteiger partial charge in [-0.15, -0.1) is 11.8 Å². The minimum atomic E-state index is -0.279. The number of carbonyl (C=O) groups excluding carboxylic acids is 1. The number of fused-ring (bicyclic) bond motifs is 1. The molecule has 1 aliphatic rings. The highest BCUT2D eigenvalue weighted by atomic mass is 32.2. The van der Waals surface area contributed by atoms with E-state index in [-0.39, 0.29) is 23.5 Å². The van der Waals surface area contributed by atoms with Crippen LogP contribution in [-0.4, -0.2) is 24.9 Å². The summed E-state index contributed by atoms with van der Waals surface area (Å²) in [6, 6.07) is 11.8. The maximum Gasteiger partial charge on any atom is 0.230 e. The Kier molecular flexibility index (Phi) is 5.81. The molecule has 25 heavy (non-hydrogen) atoms. The fourth-order valence-electron chi connectivity index (χ4n) is 2.61. The van der Waals surface area contributed by atoms with E-state index in [0.29, 0.717) is 13.2 Å². The fourth-order valence-corrected chi connectivity index (χ4v) is 3.32. The lowest BCUT2D eigenvalue weighted by atomic mass is 10.0. The summed E-state index contributed by atoms with van der Waals surface area (Å²) in [5, 5.41) is 3.04. The summed E-state index contributed by atoms with van der Waals surface area (Å²) in [4.78, 5) is 13.1. The first-order chi connectivity index (χ1) is 12.2. The zero-order chi connectivity index (χ0) is 17.6. The molecule has 0 fully saturated rings. The van der Waals surface area contributed by atoms with Crippen molar-refractivity contribution in [2.45, 2.75) is 24.3 Å². The van der Waals surface area contributed by atoms with E-state index in [1.165, 1.54) is 23.9 Å². The minimum Gasteiger partial charge on any atom is -0.486 e. The highest BCUT2D eigenvalue weighted by molar-refractivity contribution is 8.00. The molecule has 1 atom stereocenters. The number of nitrogens with one attached hydrogen (secondary N) is 1. The zero-order valence-corrected chi connectivity index (χ0v) is 14.8. The molecule has 0 saturated carbocycles. The van der Waals surface area contributed by atoms with E-state index in [4.69, 9.17) is 9.47 Å². The fraction of sp³-hybridized carbons (Fsp3) is 0.316. The number of thioether (sulfide) groups is 1. The Morgan fingerprint density at radius 1 is 1.16 bits per heavy atom. The molecule has 1 heterocycles. The lowest BCUT2D eigenvalue weighted by Crippen LogP contribution is -2.29. The average molecular weight is 361 g/mol. The van der Waals surface area contributed by atoms with Gasteiger partial charge in [0.1, 0.15) is 19.0 Å². The lowest BCUT2D eigenvalue weighted by molar-refractivity contribution is -0.119. The zero-order valence-electron chi connectivity index (χ0n) is 14.0. The van der Waals surface area contributed by atoms with Gasteiger partial charge < -0.3 is 14.8 Å². The van der Waals surface area contributed by atoms with Crippen molar-refractivity contribution >= 4 is 17.7 Å². The van der Waals surface area contributed by atoms with Crippen LogP contribution in [0.1, 0.15) is 24.9 Å². The molecule has 4 nitrogen and oxygen atoms in total. The largest absolute Gasteiger partial charge is 0.486 e. The third-order valence-electron chi connectivity index (χ3n) is 3.90. The van der Waals surface area contributed by atoms with Gasteiger partial charge in [-0.2, -0.15) is 0 Å². The van der Waals surface area contributed by atoms with Crippen LogP contribution in [0, 0.1) is 5.82 Å². The molecule has 2 aromatic rings. The summed E-state index contributed by atoms with van der Waals surface area (Å²) in [5.74, 6) is 1.40. The lowest BCUT2D eigenvalue weighted by Gasteiger charge is -2.22. The van der Waals surface area contributed by atoms with E-state index >= 15 is 0 Å². The second kappa shape index (κ2) is 8.25. The van der Waals surface area contributed by atoms with Crippen molar-refractivity contribution in [1.29, 1.82) is 0 Å². The molecule has 1 amide bonds. The Bertz CT molecular complexity index is 736. The number of carbonyl (C=O) groups is 1. The van der Waals surface area contributed by atoms with Crippen molar-refractivity contribution in [2.24, 2.45) is 0 Å². The Morgan fingerprint density at radius 2 is 1.88 bits per heavy atom. The van der Waals surface area contributed by atoms with Crippen LogP contribution in [0.25, 0.3) is 0 Å². The molecule has 0 radical (unpaired) electrons. The highest BCUT2D eigenvalue weighted by Gasteiger charge is 2.17. The molecule has 132 valence electrons. The number of hydrogen-bond donors (Lipinski definition) is 1. The van der Waals surface area contributed by atoms with Crippen LogP contribution in [0.3, 0.4) is 0 Å². The second-order valence-corrected chi connectivity index (χ2v) is 6.72. The smallest absolute Gasteiger partial charge is 0.230 e. The van der Waals surface area contributed by atoms with Crippen molar-refractivity contribution in [2.75, 3.05) is 19.0 Å². The minimum absolute atomic E-state index is 0.0592. The van der Waals surface area contributed by atoms with E-state index in [2.05, 4.69) is 5.32 Å². The third-order valence-corrected chi connectivity index (χ3v) is 4.91. The van der Waals surface area contributed by atoms with Gasteiger partial charge in [0.15, 0.2) is 11.5 Å². The third kappa shape index (κ3) is 4.66. The Hall–Kier alpha value is -2.21. The number of ether oxygens (including phenoxy) is 2. The predicted molar refractivity (Wildman–Crippen MR) is 95.7 cm³/mol. The van der Waals surface area contributed by atoms with Crippen LogP contribution in [0.15, 0.2) is 47.4 Å². The number of rotatable bonds is 6. The van der Waals surface area contributed by atoms with E-state index < -0.39 is 0 Å². The SMILES string of the molecule is CCC(NC(=O)CSc1ccc(F)cc1)c1ccc2c(c1)OCCO2. The summed E-state index contributed by atoms with van der Waals surface area (Å²) in [6.07, 6.45) is 0.770. The molecule has 2 aromatic carbocycles. The van der Waals surface area contributed by atoms with Crippen molar-refractivity contribution in [3.63, 3.8) is 0 Å². The monoisotopic (exact) mass is 361 g/mol. The predicted octanol–water partition coefficient (Wildman–Crippen LogP) is 3.96. The maximum atomic E-state index is 12.9. The van der Waals surface area contributed by atoms with Gasteiger partial charge >= 0.3 is 0 Å².